The molecule has 0 spiro atoms. The average molecular weight is 490 g/mol. The number of anilines is 2. The Kier molecular flexibility index (Phi) is 8.05. The highest BCUT2D eigenvalue weighted by Crippen LogP contribution is 2.32. The zero-order chi connectivity index (χ0) is 25.7. The number of likely N-dealkylation sites (tertiary alicyclic amines) is 1. The smallest absolute Gasteiger partial charge is 0.330 e. The van der Waals surface area contributed by atoms with Crippen molar-refractivity contribution in [3.05, 3.63) is 92.1 Å². The number of hydrogen-bond donors (Lipinski definition) is 2. The second-order valence-corrected chi connectivity index (χ2v) is 9.51. The van der Waals surface area contributed by atoms with Crippen molar-refractivity contribution < 1.29 is 4.79 Å². The van der Waals surface area contributed by atoms with E-state index in [0.717, 1.165) is 37.8 Å². The van der Waals surface area contributed by atoms with E-state index in [1.807, 2.05) is 43.3 Å². The number of aryl methyl sites for hydroxylation is 1. The number of aromatic nitrogens is 2. The van der Waals surface area contributed by atoms with Crippen LogP contribution in [0.4, 0.5) is 11.5 Å². The first-order chi connectivity index (χ1) is 17.4. The standard InChI is InChI=1S/C28H35N5O3/c1-3-4-16-32-26(29)25(27(35)30-28(32)36)33(18-21-11-6-5-7-12-21)24(34)19-31-15-9-14-23(31)22-13-8-10-20(2)17-22/h5-8,10-13,17,23H,3-4,9,14-16,18-19,29H2,1-2H3,(H,30,35,36). The lowest BCUT2D eigenvalue weighted by atomic mass is 10.0. The monoisotopic (exact) mass is 489 g/mol. The van der Waals surface area contributed by atoms with E-state index in [1.54, 1.807) is 0 Å². The number of nitrogen functional groups attached to an aromatic ring is 1. The molecule has 4 rings (SSSR count). The third kappa shape index (κ3) is 5.60. The molecule has 0 bridgehead atoms. The van der Waals surface area contributed by atoms with E-state index in [9.17, 15) is 14.4 Å². The molecule has 1 fully saturated rings. The van der Waals surface area contributed by atoms with Crippen LogP contribution < -0.4 is 21.9 Å². The Balaban J connectivity index is 1.69. The van der Waals surface area contributed by atoms with Gasteiger partial charge in [-0.3, -0.25) is 28.9 Å². The quantitative estimate of drug-likeness (QED) is 0.478. The molecule has 36 heavy (non-hydrogen) atoms. The van der Waals surface area contributed by atoms with Gasteiger partial charge in [0.15, 0.2) is 5.69 Å². The van der Waals surface area contributed by atoms with Gasteiger partial charge in [0, 0.05) is 12.6 Å². The number of carbonyl (C=O) groups excluding carboxylic acids is 1. The third-order valence-electron chi connectivity index (χ3n) is 6.83. The topological polar surface area (TPSA) is 104 Å². The predicted molar refractivity (Wildman–Crippen MR) is 143 cm³/mol. The molecule has 8 nitrogen and oxygen atoms in total. The third-order valence-corrected chi connectivity index (χ3v) is 6.83. The second-order valence-electron chi connectivity index (χ2n) is 9.51. The number of benzene rings is 2. The molecule has 1 atom stereocenters. The zero-order valence-electron chi connectivity index (χ0n) is 21.1. The molecule has 1 amide bonds. The van der Waals surface area contributed by atoms with Crippen LogP contribution in [0.2, 0.25) is 0 Å². The zero-order valence-corrected chi connectivity index (χ0v) is 21.1. The van der Waals surface area contributed by atoms with Crippen molar-refractivity contribution in [2.45, 2.75) is 58.7 Å². The first kappa shape index (κ1) is 25.4. The van der Waals surface area contributed by atoms with E-state index in [2.05, 4.69) is 35.0 Å². The Hall–Kier alpha value is -3.65. The Morgan fingerprint density at radius 2 is 1.92 bits per heavy atom. The van der Waals surface area contributed by atoms with Crippen LogP contribution in [-0.4, -0.2) is 33.4 Å². The summed E-state index contributed by atoms with van der Waals surface area (Å²) in [6.07, 6.45) is 3.56. The summed E-state index contributed by atoms with van der Waals surface area (Å²) < 4.78 is 1.36. The van der Waals surface area contributed by atoms with E-state index in [0.29, 0.717) is 6.54 Å². The first-order valence-electron chi connectivity index (χ1n) is 12.7. The van der Waals surface area contributed by atoms with Gasteiger partial charge in [-0.2, -0.15) is 0 Å². The Bertz CT molecular complexity index is 1310. The summed E-state index contributed by atoms with van der Waals surface area (Å²) in [7, 11) is 0. The number of nitrogens with two attached hydrogens (primary N) is 1. The van der Waals surface area contributed by atoms with Gasteiger partial charge in [-0.25, -0.2) is 4.79 Å². The Morgan fingerprint density at radius 3 is 2.64 bits per heavy atom. The molecule has 1 aliphatic rings. The fourth-order valence-corrected chi connectivity index (χ4v) is 4.96. The highest BCUT2D eigenvalue weighted by Gasteiger charge is 2.31. The number of amides is 1. The molecule has 3 aromatic rings. The maximum Gasteiger partial charge on any atom is 0.330 e. The summed E-state index contributed by atoms with van der Waals surface area (Å²) in [4.78, 5) is 45.4. The lowest BCUT2D eigenvalue weighted by Crippen LogP contribution is -2.44. The molecule has 1 unspecified atom stereocenters. The molecule has 1 aliphatic heterocycles. The molecule has 0 saturated carbocycles. The van der Waals surface area contributed by atoms with Gasteiger partial charge < -0.3 is 5.73 Å². The van der Waals surface area contributed by atoms with Crippen LogP contribution in [0.15, 0.2) is 64.2 Å². The molecule has 1 aromatic heterocycles. The first-order valence-corrected chi connectivity index (χ1v) is 12.7. The van der Waals surface area contributed by atoms with Crippen molar-refractivity contribution in [1.29, 1.82) is 0 Å². The highest BCUT2D eigenvalue weighted by atomic mass is 16.2. The number of hydrogen-bond acceptors (Lipinski definition) is 5. The van der Waals surface area contributed by atoms with Crippen LogP contribution >= 0.6 is 0 Å². The van der Waals surface area contributed by atoms with Crippen LogP contribution in [0.3, 0.4) is 0 Å². The molecule has 8 heteroatoms. The SMILES string of the molecule is CCCCn1c(N)c(N(Cc2ccccc2)C(=O)CN2CCCC2c2cccc(C)c2)c(=O)[nH]c1=O. The fourth-order valence-electron chi connectivity index (χ4n) is 4.96. The van der Waals surface area contributed by atoms with Crippen molar-refractivity contribution in [3.63, 3.8) is 0 Å². The molecule has 190 valence electrons. The molecule has 2 aromatic carbocycles. The maximum absolute atomic E-state index is 13.9. The Morgan fingerprint density at radius 1 is 1.14 bits per heavy atom. The van der Waals surface area contributed by atoms with Crippen molar-refractivity contribution in [2.75, 3.05) is 23.7 Å². The molecular weight excluding hydrogens is 454 g/mol. The van der Waals surface area contributed by atoms with Crippen LogP contribution in [0, 0.1) is 6.92 Å². The predicted octanol–water partition coefficient (Wildman–Crippen LogP) is 3.60. The van der Waals surface area contributed by atoms with E-state index >= 15 is 0 Å². The number of nitrogens with one attached hydrogen (secondary N) is 1. The van der Waals surface area contributed by atoms with Gasteiger partial charge >= 0.3 is 5.69 Å². The van der Waals surface area contributed by atoms with Gasteiger partial charge in [-0.1, -0.05) is 73.5 Å². The highest BCUT2D eigenvalue weighted by molar-refractivity contribution is 5.96. The van der Waals surface area contributed by atoms with Crippen LogP contribution in [0.1, 0.15) is 55.3 Å². The van der Waals surface area contributed by atoms with Crippen LogP contribution in [0.25, 0.3) is 0 Å². The maximum atomic E-state index is 13.9. The van der Waals surface area contributed by atoms with Gasteiger partial charge in [0.25, 0.3) is 5.56 Å². The van der Waals surface area contributed by atoms with Crippen molar-refractivity contribution in [1.82, 2.24) is 14.5 Å². The lowest BCUT2D eigenvalue weighted by molar-refractivity contribution is -0.120. The number of carbonyl (C=O) groups is 1. The summed E-state index contributed by atoms with van der Waals surface area (Å²) in [5.41, 5.74) is 8.48. The minimum Gasteiger partial charge on any atom is -0.383 e. The number of aromatic amines is 1. The minimum absolute atomic E-state index is 0.0261. The fraction of sp³-hybridized carbons (Fsp3) is 0.393. The van der Waals surface area contributed by atoms with Crippen LogP contribution in [-0.2, 0) is 17.9 Å². The van der Waals surface area contributed by atoms with Gasteiger partial charge in [0.1, 0.15) is 5.82 Å². The molecule has 2 heterocycles. The van der Waals surface area contributed by atoms with Crippen molar-refractivity contribution in [3.8, 4) is 0 Å². The normalized spacial score (nSPS) is 15.8. The molecule has 0 radical (unpaired) electrons. The summed E-state index contributed by atoms with van der Waals surface area (Å²) in [5, 5.41) is 0. The largest absolute Gasteiger partial charge is 0.383 e. The van der Waals surface area contributed by atoms with Crippen molar-refractivity contribution >= 4 is 17.4 Å². The van der Waals surface area contributed by atoms with Gasteiger partial charge in [-0.05, 0) is 43.9 Å². The lowest BCUT2D eigenvalue weighted by Gasteiger charge is -2.29. The number of H-pyrrole nitrogens is 1. The van der Waals surface area contributed by atoms with Crippen LogP contribution in [0.5, 0.6) is 0 Å². The number of unbranched alkanes of at least 4 members (excludes halogenated alkanes) is 1. The molecule has 1 saturated heterocycles. The minimum atomic E-state index is -0.647. The summed E-state index contributed by atoms with van der Waals surface area (Å²) in [6, 6.07) is 18.0. The average Bonchev–Trinajstić information content (AvgIpc) is 3.32. The Labute approximate surface area is 211 Å². The van der Waals surface area contributed by atoms with Gasteiger partial charge in [-0.15, -0.1) is 0 Å². The van der Waals surface area contributed by atoms with Crippen molar-refractivity contribution in [2.24, 2.45) is 0 Å². The number of rotatable bonds is 9. The van der Waals surface area contributed by atoms with Gasteiger partial charge in [0.2, 0.25) is 5.91 Å². The van der Waals surface area contributed by atoms with E-state index in [1.165, 1.54) is 20.6 Å². The number of nitrogens with zero attached hydrogens (tertiary/aromatic N) is 3. The molecular formula is C28H35N5O3. The van der Waals surface area contributed by atoms with E-state index in [-0.39, 0.29) is 36.5 Å². The van der Waals surface area contributed by atoms with E-state index < -0.39 is 11.2 Å². The summed E-state index contributed by atoms with van der Waals surface area (Å²) >= 11 is 0. The van der Waals surface area contributed by atoms with E-state index in [4.69, 9.17) is 5.73 Å². The second kappa shape index (κ2) is 11.4. The summed E-state index contributed by atoms with van der Waals surface area (Å²) in [6.45, 7) is 5.59. The molecule has 3 N–H and O–H groups in total. The summed E-state index contributed by atoms with van der Waals surface area (Å²) in [5.74, 6) is -0.200. The van der Waals surface area contributed by atoms with Gasteiger partial charge in [0.05, 0.1) is 13.1 Å². The molecule has 0 aliphatic carbocycles.